The Balaban J connectivity index is 1.66. The quantitative estimate of drug-likeness (QED) is 0.621. The minimum absolute atomic E-state index is 0.0526. The second-order valence-corrected chi connectivity index (χ2v) is 6.24. The fourth-order valence-corrected chi connectivity index (χ4v) is 2.83. The van der Waals surface area contributed by atoms with Crippen molar-refractivity contribution in [2.45, 2.75) is 26.2 Å². The van der Waals surface area contributed by atoms with Gasteiger partial charge in [-0.1, -0.05) is 25.1 Å². The van der Waals surface area contributed by atoms with Gasteiger partial charge < -0.3 is 15.0 Å². The zero-order valence-corrected chi connectivity index (χ0v) is 14.3. The summed E-state index contributed by atoms with van der Waals surface area (Å²) in [6, 6.07) is 7.66. The summed E-state index contributed by atoms with van der Waals surface area (Å²) in [5.74, 6) is 1.59. The topological polar surface area (TPSA) is 41.6 Å². The molecule has 1 aromatic rings. The molecular formula is C19H28N2O2. The van der Waals surface area contributed by atoms with Crippen LogP contribution in [0.1, 0.15) is 31.7 Å². The zero-order chi connectivity index (χ0) is 16.5. The standard InChI is InChI=1S/C19H28N2O2/c1-16-10-14-21(15-11-16)13-5-12-20-19(22)9-8-17-6-3-4-7-18(17)23-2/h3-4,6-9,16H,5,10-15H2,1-2H3,(H,20,22)/b9-8+. The molecule has 0 aliphatic carbocycles. The molecule has 1 heterocycles. The molecule has 1 aliphatic rings. The fraction of sp³-hybridized carbons (Fsp3) is 0.526. The molecule has 1 saturated heterocycles. The average Bonchev–Trinajstić information content (AvgIpc) is 2.58. The molecular weight excluding hydrogens is 288 g/mol. The monoisotopic (exact) mass is 316 g/mol. The molecule has 1 aromatic carbocycles. The van der Waals surface area contributed by atoms with E-state index in [9.17, 15) is 4.79 Å². The molecule has 1 aliphatic heterocycles. The molecule has 1 amide bonds. The van der Waals surface area contributed by atoms with Crippen molar-refractivity contribution in [3.63, 3.8) is 0 Å². The van der Waals surface area contributed by atoms with E-state index in [-0.39, 0.29) is 5.91 Å². The Morgan fingerprint density at radius 1 is 1.35 bits per heavy atom. The van der Waals surface area contributed by atoms with E-state index in [1.807, 2.05) is 24.3 Å². The second kappa shape index (κ2) is 9.36. The largest absolute Gasteiger partial charge is 0.496 e. The van der Waals surface area contributed by atoms with E-state index in [4.69, 9.17) is 4.74 Å². The minimum atomic E-state index is -0.0526. The Morgan fingerprint density at radius 2 is 2.09 bits per heavy atom. The van der Waals surface area contributed by atoms with E-state index in [1.165, 1.54) is 25.9 Å². The fourth-order valence-electron chi connectivity index (χ4n) is 2.83. The average molecular weight is 316 g/mol. The molecule has 2 rings (SSSR count). The van der Waals surface area contributed by atoms with E-state index in [0.717, 1.165) is 36.7 Å². The molecule has 0 aromatic heterocycles. The van der Waals surface area contributed by atoms with Gasteiger partial charge in [0.2, 0.25) is 5.91 Å². The summed E-state index contributed by atoms with van der Waals surface area (Å²) in [5, 5.41) is 2.95. The zero-order valence-electron chi connectivity index (χ0n) is 14.3. The molecule has 0 spiro atoms. The van der Waals surface area contributed by atoms with Crippen LogP contribution < -0.4 is 10.1 Å². The summed E-state index contributed by atoms with van der Waals surface area (Å²) in [6.07, 6.45) is 6.96. The van der Waals surface area contributed by atoms with Gasteiger partial charge in [-0.05, 0) is 57.0 Å². The highest BCUT2D eigenvalue weighted by Crippen LogP contribution is 2.18. The SMILES string of the molecule is COc1ccccc1/C=C/C(=O)NCCCN1CCC(C)CC1. The van der Waals surface area contributed by atoms with Crippen molar-refractivity contribution >= 4 is 12.0 Å². The Labute approximate surface area is 139 Å². The third-order valence-electron chi connectivity index (χ3n) is 4.38. The number of hydrogen-bond donors (Lipinski definition) is 1. The van der Waals surface area contributed by atoms with Crippen molar-refractivity contribution < 1.29 is 9.53 Å². The number of methoxy groups -OCH3 is 1. The van der Waals surface area contributed by atoms with E-state index < -0.39 is 0 Å². The van der Waals surface area contributed by atoms with Gasteiger partial charge >= 0.3 is 0 Å². The molecule has 4 nitrogen and oxygen atoms in total. The molecule has 0 saturated carbocycles. The van der Waals surface area contributed by atoms with E-state index in [1.54, 1.807) is 19.3 Å². The van der Waals surface area contributed by atoms with Crippen molar-refractivity contribution in [3.8, 4) is 5.75 Å². The maximum Gasteiger partial charge on any atom is 0.244 e. The molecule has 126 valence electrons. The summed E-state index contributed by atoms with van der Waals surface area (Å²) in [5.41, 5.74) is 0.910. The molecule has 23 heavy (non-hydrogen) atoms. The molecule has 1 N–H and O–H groups in total. The Kier molecular flexibility index (Phi) is 7.14. The Hall–Kier alpha value is -1.81. The van der Waals surface area contributed by atoms with Crippen LogP contribution in [0.15, 0.2) is 30.3 Å². The van der Waals surface area contributed by atoms with Crippen LogP contribution in [0.4, 0.5) is 0 Å². The van der Waals surface area contributed by atoms with Crippen LogP contribution in [0.25, 0.3) is 6.08 Å². The van der Waals surface area contributed by atoms with Crippen molar-refractivity contribution in [2.24, 2.45) is 5.92 Å². The molecule has 4 heteroatoms. The van der Waals surface area contributed by atoms with Crippen molar-refractivity contribution in [3.05, 3.63) is 35.9 Å². The van der Waals surface area contributed by atoms with Crippen LogP contribution in [0.3, 0.4) is 0 Å². The number of likely N-dealkylation sites (tertiary alicyclic amines) is 1. The Morgan fingerprint density at radius 3 is 2.83 bits per heavy atom. The van der Waals surface area contributed by atoms with Gasteiger partial charge in [-0.2, -0.15) is 0 Å². The van der Waals surface area contributed by atoms with Crippen LogP contribution in [0, 0.1) is 5.92 Å². The number of carbonyl (C=O) groups excluding carboxylic acids is 1. The molecule has 1 fully saturated rings. The first-order valence-corrected chi connectivity index (χ1v) is 8.50. The number of para-hydroxylation sites is 1. The summed E-state index contributed by atoms with van der Waals surface area (Å²) in [4.78, 5) is 14.4. The number of nitrogens with zero attached hydrogens (tertiary/aromatic N) is 1. The van der Waals surface area contributed by atoms with Crippen LogP contribution in [-0.2, 0) is 4.79 Å². The lowest BCUT2D eigenvalue weighted by molar-refractivity contribution is -0.116. The smallest absolute Gasteiger partial charge is 0.244 e. The number of rotatable bonds is 7. The normalized spacial score (nSPS) is 16.6. The number of piperidine rings is 1. The number of nitrogens with one attached hydrogen (secondary N) is 1. The molecule has 0 bridgehead atoms. The van der Waals surface area contributed by atoms with E-state index >= 15 is 0 Å². The van der Waals surface area contributed by atoms with Crippen molar-refractivity contribution in [2.75, 3.05) is 33.3 Å². The lowest BCUT2D eigenvalue weighted by Gasteiger charge is -2.30. The summed E-state index contributed by atoms with van der Waals surface area (Å²) >= 11 is 0. The number of benzene rings is 1. The van der Waals surface area contributed by atoms with Gasteiger partial charge in [0, 0.05) is 18.2 Å². The highest BCUT2D eigenvalue weighted by atomic mass is 16.5. The van der Waals surface area contributed by atoms with Gasteiger partial charge in [0.1, 0.15) is 5.75 Å². The first kappa shape index (κ1) is 17.5. The van der Waals surface area contributed by atoms with Gasteiger partial charge in [-0.15, -0.1) is 0 Å². The van der Waals surface area contributed by atoms with Gasteiger partial charge in [0.05, 0.1) is 7.11 Å². The summed E-state index contributed by atoms with van der Waals surface area (Å²) < 4.78 is 5.26. The van der Waals surface area contributed by atoms with Gasteiger partial charge in [0.25, 0.3) is 0 Å². The van der Waals surface area contributed by atoms with E-state index in [0.29, 0.717) is 0 Å². The molecule has 0 radical (unpaired) electrons. The summed E-state index contributed by atoms with van der Waals surface area (Å²) in [7, 11) is 1.63. The van der Waals surface area contributed by atoms with Crippen LogP contribution in [0.5, 0.6) is 5.75 Å². The van der Waals surface area contributed by atoms with Crippen LogP contribution >= 0.6 is 0 Å². The minimum Gasteiger partial charge on any atom is -0.496 e. The van der Waals surface area contributed by atoms with Crippen LogP contribution in [-0.4, -0.2) is 44.1 Å². The summed E-state index contributed by atoms with van der Waals surface area (Å²) in [6.45, 7) is 6.52. The third-order valence-corrected chi connectivity index (χ3v) is 4.38. The Bertz CT molecular complexity index is 520. The first-order chi connectivity index (χ1) is 11.2. The molecule has 0 unspecified atom stereocenters. The van der Waals surface area contributed by atoms with Crippen molar-refractivity contribution in [1.29, 1.82) is 0 Å². The maximum absolute atomic E-state index is 11.9. The number of amides is 1. The highest BCUT2D eigenvalue weighted by Gasteiger charge is 2.14. The predicted molar refractivity (Wildman–Crippen MR) is 94.5 cm³/mol. The lowest BCUT2D eigenvalue weighted by atomic mass is 9.99. The van der Waals surface area contributed by atoms with Crippen molar-refractivity contribution in [1.82, 2.24) is 10.2 Å². The van der Waals surface area contributed by atoms with Crippen LogP contribution in [0.2, 0.25) is 0 Å². The maximum atomic E-state index is 11.9. The van der Waals surface area contributed by atoms with Gasteiger partial charge in [-0.3, -0.25) is 4.79 Å². The van der Waals surface area contributed by atoms with Gasteiger partial charge in [-0.25, -0.2) is 0 Å². The predicted octanol–water partition coefficient (Wildman–Crippen LogP) is 2.95. The third kappa shape index (κ3) is 6.06. The van der Waals surface area contributed by atoms with E-state index in [2.05, 4.69) is 17.1 Å². The lowest BCUT2D eigenvalue weighted by Crippen LogP contribution is -2.35. The second-order valence-electron chi connectivity index (χ2n) is 6.24. The molecule has 0 atom stereocenters. The number of carbonyl (C=O) groups is 1. The highest BCUT2D eigenvalue weighted by molar-refractivity contribution is 5.92. The first-order valence-electron chi connectivity index (χ1n) is 8.50. The number of ether oxygens (including phenoxy) is 1. The number of hydrogen-bond acceptors (Lipinski definition) is 3. The van der Waals surface area contributed by atoms with Gasteiger partial charge in [0.15, 0.2) is 0 Å².